The number of ether oxygens (including phenoxy) is 1. The van der Waals surface area contributed by atoms with Gasteiger partial charge in [0.05, 0.1) is 0 Å². The van der Waals surface area contributed by atoms with Gasteiger partial charge in [0, 0.05) is 0 Å². The number of aromatic nitrogens is 2. The lowest BCUT2D eigenvalue weighted by Gasteiger charge is -2.06. The summed E-state index contributed by atoms with van der Waals surface area (Å²) in [6.07, 6.45) is 0. The molecule has 1 aromatic carbocycles. The monoisotopic (exact) mass is 248 g/mol. The first kappa shape index (κ1) is 11.6. The Bertz CT molecular complexity index is 687. The maximum Gasteiger partial charge on any atom is 0.356 e. The van der Waals surface area contributed by atoms with Crippen molar-refractivity contribution in [1.29, 1.82) is 0 Å². The number of aromatic carboxylic acids is 1. The van der Waals surface area contributed by atoms with Crippen LogP contribution in [0.2, 0.25) is 0 Å². The van der Waals surface area contributed by atoms with Gasteiger partial charge in [-0.1, -0.05) is 18.2 Å². The number of benzene rings is 1. The number of para-hydroxylation sites is 1. The fraction of sp³-hybridized carbons (Fsp3) is 0. The number of carbonyl (C=O) groups is 1. The van der Waals surface area contributed by atoms with Gasteiger partial charge in [-0.05, 0) is 12.1 Å². The average Bonchev–Trinajstić information content (AvgIpc) is 2.33. The Balaban J connectivity index is 2.54. The molecule has 2 rings (SSSR count). The maximum atomic E-state index is 11.5. The molecule has 0 amide bonds. The SMILES string of the molecule is O=C(O)c1[nH]c(=O)[nH]c(=O)c1Oc1ccccc1. The number of H-pyrrole nitrogens is 2. The second-order valence-corrected chi connectivity index (χ2v) is 3.33. The molecule has 0 radical (unpaired) electrons. The number of nitrogens with one attached hydrogen (secondary N) is 2. The zero-order chi connectivity index (χ0) is 13.1. The van der Waals surface area contributed by atoms with Crippen LogP contribution in [0, 0.1) is 0 Å². The molecule has 0 saturated heterocycles. The van der Waals surface area contributed by atoms with Crippen LogP contribution < -0.4 is 16.0 Å². The minimum absolute atomic E-state index is 0.289. The molecule has 0 aliphatic carbocycles. The highest BCUT2D eigenvalue weighted by atomic mass is 16.5. The van der Waals surface area contributed by atoms with Crippen molar-refractivity contribution >= 4 is 5.97 Å². The van der Waals surface area contributed by atoms with Gasteiger partial charge in [-0.2, -0.15) is 0 Å². The van der Waals surface area contributed by atoms with Gasteiger partial charge < -0.3 is 9.84 Å². The summed E-state index contributed by atoms with van der Waals surface area (Å²) in [6.45, 7) is 0. The molecular formula is C11H8N2O5. The fourth-order valence-electron chi connectivity index (χ4n) is 1.33. The van der Waals surface area contributed by atoms with Crippen LogP contribution in [0.15, 0.2) is 39.9 Å². The number of aromatic amines is 2. The number of hydrogen-bond donors (Lipinski definition) is 3. The third-order valence-corrected chi connectivity index (χ3v) is 2.08. The second-order valence-electron chi connectivity index (χ2n) is 3.33. The van der Waals surface area contributed by atoms with E-state index in [0.717, 1.165) is 0 Å². The molecular weight excluding hydrogens is 240 g/mol. The van der Waals surface area contributed by atoms with E-state index in [4.69, 9.17) is 9.84 Å². The van der Waals surface area contributed by atoms with Gasteiger partial charge in [-0.15, -0.1) is 0 Å². The molecule has 0 fully saturated rings. The van der Waals surface area contributed by atoms with Crippen LogP contribution in [0.5, 0.6) is 11.5 Å². The van der Waals surface area contributed by atoms with Crippen LogP contribution in [0.4, 0.5) is 0 Å². The van der Waals surface area contributed by atoms with Gasteiger partial charge in [0.15, 0.2) is 5.69 Å². The van der Waals surface area contributed by atoms with Crippen LogP contribution in [0.1, 0.15) is 10.5 Å². The summed E-state index contributed by atoms with van der Waals surface area (Å²) in [5.41, 5.74) is -2.40. The Labute approximate surface area is 99.7 Å². The molecule has 0 saturated carbocycles. The van der Waals surface area contributed by atoms with E-state index in [9.17, 15) is 14.4 Å². The summed E-state index contributed by atoms with van der Waals surface area (Å²) in [6, 6.07) is 8.17. The maximum absolute atomic E-state index is 11.5. The molecule has 0 aliphatic heterocycles. The van der Waals surface area contributed by atoms with Crippen molar-refractivity contribution < 1.29 is 14.6 Å². The predicted octanol–water partition coefficient (Wildman–Crippen LogP) is 0.554. The van der Waals surface area contributed by atoms with Gasteiger partial charge in [0.25, 0.3) is 5.56 Å². The van der Waals surface area contributed by atoms with Crippen molar-refractivity contribution in [3.63, 3.8) is 0 Å². The van der Waals surface area contributed by atoms with E-state index in [1.54, 1.807) is 30.3 Å². The topological polar surface area (TPSA) is 112 Å². The minimum Gasteiger partial charge on any atom is -0.476 e. The minimum atomic E-state index is -1.45. The van der Waals surface area contributed by atoms with Crippen molar-refractivity contribution in [2.75, 3.05) is 0 Å². The van der Waals surface area contributed by atoms with Crippen molar-refractivity contribution in [3.05, 3.63) is 56.9 Å². The van der Waals surface area contributed by atoms with E-state index in [1.807, 2.05) is 9.97 Å². The molecule has 0 bridgehead atoms. The van der Waals surface area contributed by atoms with Crippen LogP contribution in [-0.4, -0.2) is 21.0 Å². The molecule has 18 heavy (non-hydrogen) atoms. The Kier molecular flexibility index (Phi) is 2.96. The van der Waals surface area contributed by atoms with E-state index in [0.29, 0.717) is 0 Å². The van der Waals surface area contributed by atoms with Crippen LogP contribution in [-0.2, 0) is 0 Å². The highest BCUT2D eigenvalue weighted by Crippen LogP contribution is 2.18. The molecule has 0 aliphatic rings. The second kappa shape index (κ2) is 4.58. The predicted molar refractivity (Wildman–Crippen MR) is 61.2 cm³/mol. The summed E-state index contributed by atoms with van der Waals surface area (Å²) in [5, 5.41) is 8.89. The van der Waals surface area contributed by atoms with Crippen molar-refractivity contribution in [3.8, 4) is 11.5 Å². The number of carboxylic acids is 1. The van der Waals surface area contributed by atoms with Crippen LogP contribution in [0.25, 0.3) is 0 Å². The molecule has 1 heterocycles. The van der Waals surface area contributed by atoms with E-state index >= 15 is 0 Å². The van der Waals surface area contributed by atoms with Gasteiger partial charge in [-0.25, -0.2) is 9.59 Å². The van der Waals surface area contributed by atoms with Crippen molar-refractivity contribution in [1.82, 2.24) is 9.97 Å². The molecule has 1 aromatic heterocycles. The highest BCUT2D eigenvalue weighted by Gasteiger charge is 2.17. The Hall–Kier alpha value is -2.83. The molecule has 3 N–H and O–H groups in total. The van der Waals surface area contributed by atoms with Crippen LogP contribution in [0.3, 0.4) is 0 Å². The summed E-state index contributed by atoms with van der Waals surface area (Å²) >= 11 is 0. The molecule has 7 heteroatoms. The van der Waals surface area contributed by atoms with E-state index < -0.39 is 28.7 Å². The Morgan fingerprint density at radius 1 is 1.11 bits per heavy atom. The highest BCUT2D eigenvalue weighted by molar-refractivity contribution is 5.88. The lowest BCUT2D eigenvalue weighted by molar-refractivity contribution is 0.0686. The summed E-state index contributed by atoms with van der Waals surface area (Å²) < 4.78 is 5.16. The standard InChI is InChI=1S/C11H8N2O5/c14-9-8(18-6-4-2-1-3-5-6)7(10(15)16)12-11(17)13-9/h1-5H,(H,15,16)(H2,12,13,14,17). The normalized spacial score (nSPS) is 10.0. The van der Waals surface area contributed by atoms with E-state index in [-0.39, 0.29) is 5.75 Å². The average molecular weight is 248 g/mol. The third-order valence-electron chi connectivity index (χ3n) is 2.08. The Morgan fingerprint density at radius 3 is 2.39 bits per heavy atom. The number of carboxylic acid groups (broad SMARTS) is 1. The summed E-state index contributed by atoms with van der Waals surface area (Å²) in [5.74, 6) is -1.63. The quantitative estimate of drug-likeness (QED) is 0.734. The number of hydrogen-bond acceptors (Lipinski definition) is 4. The molecule has 0 unspecified atom stereocenters. The van der Waals surface area contributed by atoms with Gasteiger partial charge in [-0.3, -0.25) is 14.8 Å². The zero-order valence-electron chi connectivity index (χ0n) is 8.97. The van der Waals surface area contributed by atoms with Crippen molar-refractivity contribution in [2.24, 2.45) is 0 Å². The van der Waals surface area contributed by atoms with E-state index in [1.165, 1.54) is 0 Å². The van der Waals surface area contributed by atoms with E-state index in [2.05, 4.69) is 0 Å². The zero-order valence-corrected chi connectivity index (χ0v) is 8.97. The van der Waals surface area contributed by atoms with Gasteiger partial charge >= 0.3 is 11.7 Å². The first-order chi connectivity index (χ1) is 8.58. The molecule has 92 valence electrons. The number of rotatable bonds is 3. The van der Waals surface area contributed by atoms with Gasteiger partial charge in [0.2, 0.25) is 5.75 Å². The van der Waals surface area contributed by atoms with Crippen molar-refractivity contribution in [2.45, 2.75) is 0 Å². The largest absolute Gasteiger partial charge is 0.476 e. The smallest absolute Gasteiger partial charge is 0.356 e. The van der Waals surface area contributed by atoms with Crippen LogP contribution >= 0.6 is 0 Å². The summed E-state index contributed by atoms with van der Waals surface area (Å²) in [4.78, 5) is 37.3. The lowest BCUT2D eigenvalue weighted by atomic mass is 10.3. The molecule has 0 atom stereocenters. The fourth-order valence-corrected chi connectivity index (χ4v) is 1.33. The first-order valence-corrected chi connectivity index (χ1v) is 4.90. The lowest BCUT2D eigenvalue weighted by Crippen LogP contribution is -2.27. The van der Waals surface area contributed by atoms with Gasteiger partial charge in [0.1, 0.15) is 5.75 Å². The molecule has 2 aromatic rings. The third kappa shape index (κ3) is 2.29. The summed E-state index contributed by atoms with van der Waals surface area (Å²) in [7, 11) is 0. The molecule has 7 nitrogen and oxygen atoms in total. The Morgan fingerprint density at radius 2 is 1.78 bits per heavy atom. The first-order valence-electron chi connectivity index (χ1n) is 4.90. The molecule has 0 spiro atoms.